The van der Waals surface area contributed by atoms with Crippen LogP contribution in [0.15, 0.2) is 6.07 Å². The van der Waals surface area contributed by atoms with E-state index >= 15 is 0 Å². The molecule has 1 aromatic heterocycles. The number of aromatic nitrogens is 1. The monoisotopic (exact) mass is 278 g/mol. The molecular formula is C15H26N4O. The molecule has 1 aromatic rings. The predicted octanol–water partition coefficient (Wildman–Crippen LogP) is 1.97. The van der Waals surface area contributed by atoms with Gasteiger partial charge in [0.05, 0.1) is 23.6 Å². The highest BCUT2D eigenvalue weighted by Crippen LogP contribution is 2.27. The Morgan fingerprint density at radius 3 is 2.45 bits per heavy atom. The van der Waals surface area contributed by atoms with Gasteiger partial charge in [-0.15, -0.1) is 0 Å². The Morgan fingerprint density at radius 1 is 1.40 bits per heavy atom. The fourth-order valence-corrected chi connectivity index (χ4v) is 2.70. The summed E-state index contributed by atoms with van der Waals surface area (Å²) in [5.74, 6) is 0.0268. The first-order valence-corrected chi connectivity index (χ1v) is 7.16. The van der Waals surface area contributed by atoms with Crippen molar-refractivity contribution in [3.63, 3.8) is 0 Å². The smallest absolute Gasteiger partial charge is 0.126 e. The summed E-state index contributed by atoms with van der Waals surface area (Å²) in [5, 5.41) is 17.2. The van der Waals surface area contributed by atoms with Crippen molar-refractivity contribution in [2.24, 2.45) is 5.73 Å². The molecule has 0 amide bonds. The Balaban J connectivity index is 3.41. The summed E-state index contributed by atoms with van der Waals surface area (Å²) in [5.41, 5.74) is 8.99. The molecule has 0 radical (unpaired) electrons. The Labute approximate surface area is 121 Å². The number of anilines is 1. The van der Waals surface area contributed by atoms with E-state index in [0.717, 1.165) is 29.9 Å². The van der Waals surface area contributed by atoms with Crippen LogP contribution in [0, 0.1) is 19.3 Å². The summed E-state index contributed by atoms with van der Waals surface area (Å²) in [6.45, 7) is 8.69. The highest BCUT2D eigenvalue weighted by atomic mass is 16.3. The van der Waals surface area contributed by atoms with E-state index in [1.54, 1.807) is 0 Å². The number of hydrogen-bond donors (Lipinski definition) is 3. The van der Waals surface area contributed by atoms with Gasteiger partial charge in [0, 0.05) is 18.3 Å². The molecule has 1 heterocycles. The number of aliphatic hydroxyl groups is 1. The molecule has 5 nitrogen and oxygen atoms in total. The number of nitrogen functional groups attached to an aromatic ring is 1. The topological polar surface area (TPSA) is 86.2 Å². The van der Waals surface area contributed by atoms with E-state index in [1.165, 1.54) is 0 Å². The van der Waals surface area contributed by atoms with Crippen molar-refractivity contribution in [3.8, 4) is 0 Å². The van der Waals surface area contributed by atoms with Crippen molar-refractivity contribution in [1.29, 1.82) is 5.41 Å². The number of nitrogens with one attached hydrogen (secondary N) is 1. The van der Waals surface area contributed by atoms with Crippen molar-refractivity contribution in [2.75, 3.05) is 18.1 Å². The molecule has 112 valence electrons. The van der Waals surface area contributed by atoms with Gasteiger partial charge in [-0.3, -0.25) is 10.4 Å². The number of rotatable bonds is 7. The molecule has 0 aromatic carbocycles. The Bertz CT molecular complexity index is 469. The summed E-state index contributed by atoms with van der Waals surface area (Å²) in [7, 11) is 0. The van der Waals surface area contributed by atoms with E-state index in [-0.39, 0.29) is 12.4 Å². The fourth-order valence-electron chi connectivity index (χ4n) is 2.70. The van der Waals surface area contributed by atoms with E-state index in [1.807, 2.05) is 19.9 Å². The van der Waals surface area contributed by atoms with Gasteiger partial charge in [0.15, 0.2) is 0 Å². The Morgan fingerprint density at radius 2 is 2.00 bits per heavy atom. The van der Waals surface area contributed by atoms with Crippen molar-refractivity contribution in [1.82, 2.24) is 4.98 Å². The summed E-state index contributed by atoms with van der Waals surface area (Å²) in [6.07, 6.45) is 1.96. The first kappa shape index (κ1) is 16.4. The maximum absolute atomic E-state index is 9.36. The lowest BCUT2D eigenvalue weighted by Crippen LogP contribution is -2.38. The minimum atomic E-state index is 0.0268. The molecule has 0 unspecified atom stereocenters. The lowest BCUT2D eigenvalue weighted by Gasteiger charge is -2.34. The molecule has 0 fully saturated rings. The summed E-state index contributed by atoms with van der Waals surface area (Å²) < 4.78 is 0. The first-order chi connectivity index (χ1) is 9.46. The average molecular weight is 278 g/mol. The highest BCUT2D eigenvalue weighted by Gasteiger charge is 2.21. The molecule has 0 aliphatic carbocycles. The van der Waals surface area contributed by atoms with E-state index in [9.17, 15) is 5.11 Å². The van der Waals surface area contributed by atoms with E-state index in [0.29, 0.717) is 18.2 Å². The second-order valence-electron chi connectivity index (χ2n) is 5.04. The molecule has 0 aliphatic heterocycles. The third kappa shape index (κ3) is 3.48. The lowest BCUT2D eigenvalue weighted by atomic mass is 10.0. The van der Waals surface area contributed by atoms with Gasteiger partial charge >= 0.3 is 0 Å². The standard InChI is InChI=1S/C15H26N4O/c1-5-12(6-2)19(7-8-20)13-9-10(3)18-11(4)14(13)15(16)17/h9,12,20H,5-8H2,1-4H3,(H3,16,17). The maximum Gasteiger partial charge on any atom is 0.126 e. The van der Waals surface area contributed by atoms with Crippen molar-refractivity contribution in [2.45, 2.75) is 46.6 Å². The molecule has 0 bridgehead atoms. The molecule has 0 atom stereocenters. The van der Waals surface area contributed by atoms with Crippen LogP contribution in [0.5, 0.6) is 0 Å². The first-order valence-electron chi connectivity index (χ1n) is 7.16. The van der Waals surface area contributed by atoms with E-state index in [4.69, 9.17) is 11.1 Å². The molecule has 0 aliphatic rings. The molecule has 0 saturated carbocycles. The normalized spacial score (nSPS) is 10.9. The van der Waals surface area contributed by atoms with Gasteiger partial charge in [-0.1, -0.05) is 13.8 Å². The van der Waals surface area contributed by atoms with Gasteiger partial charge in [-0.2, -0.15) is 0 Å². The summed E-state index contributed by atoms with van der Waals surface area (Å²) in [4.78, 5) is 6.55. The second-order valence-corrected chi connectivity index (χ2v) is 5.04. The number of aliphatic hydroxyl groups excluding tert-OH is 1. The molecule has 1 rings (SSSR count). The molecule has 4 N–H and O–H groups in total. The molecular weight excluding hydrogens is 252 g/mol. The van der Waals surface area contributed by atoms with E-state index < -0.39 is 0 Å². The third-order valence-corrected chi connectivity index (χ3v) is 3.61. The van der Waals surface area contributed by atoms with Crippen LogP contribution >= 0.6 is 0 Å². The van der Waals surface area contributed by atoms with Crippen molar-refractivity contribution >= 4 is 11.5 Å². The van der Waals surface area contributed by atoms with Crippen LogP contribution < -0.4 is 10.6 Å². The quantitative estimate of drug-likeness (QED) is 0.526. The minimum absolute atomic E-state index is 0.0268. The number of hydrogen-bond acceptors (Lipinski definition) is 4. The number of nitrogens with zero attached hydrogens (tertiary/aromatic N) is 2. The molecule has 20 heavy (non-hydrogen) atoms. The van der Waals surface area contributed by atoms with Crippen molar-refractivity contribution < 1.29 is 5.11 Å². The molecule has 0 spiro atoms. The fraction of sp³-hybridized carbons (Fsp3) is 0.600. The zero-order valence-corrected chi connectivity index (χ0v) is 12.9. The number of amidine groups is 1. The molecule has 0 saturated heterocycles. The van der Waals surface area contributed by atoms with Gasteiger partial charge in [0.2, 0.25) is 0 Å². The van der Waals surface area contributed by atoms with Crippen LogP contribution in [0.3, 0.4) is 0 Å². The van der Waals surface area contributed by atoms with E-state index in [2.05, 4.69) is 23.7 Å². The third-order valence-electron chi connectivity index (χ3n) is 3.61. The van der Waals surface area contributed by atoms with Gasteiger partial charge < -0.3 is 15.7 Å². The maximum atomic E-state index is 9.36. The highest BCUT2D eigenvalue weighted by molar-refractivity contribution is 6.01. The van der Waals surface area contributed by atoms with Gasteiger partial charge in [0.25, 0.3) is 0 Å². The Hall–Kier alpha value is -1.62. The predicted molar refractivity (Wildman–Crippen MR) is 83.5 cm³/mol. The zero-order chi connectivity index (χ0) is 15.3. The average Bonchev–Trinajstić information content (AvgIpc) is 2.37. The van der Waals surface area contributed by atoms with Gasteiger partial charge in [-0.05, 0) is 32.8 Å². The van der Waals surface area contributed by atoms with Crippen LogP contribution in [0.2, 0.25) is 0 Å². The minimum Gasteiger partial charge on any atom is -0.395 e. The van der Waals surface area contributed by atoms with Crippen LogP contribution in [0.25, 0.3) is 0 Å². The van der Waals surface area contributed by atoms with Crippen LogP contribution in [-0.2, 0) is 0 Å². The van der Waals surface area contributed by atoms with Crippen LogP contribution in [0.1, 0.15) is 43.6 Å². The lowest BCUT2D eigenvalue weighted by molar-refractivity contribution is 0.296. The van der Waals surface area contributed by atoms with Crippen molar-refractivity contribution in [3.05, 3.63) is 23.0 Å². The van der Waals surface area contributed by atoms with Crippen LogP contribution in [0.4, 0.5) is 5.69 Å². The zero-order valence-electron chi connectivity index (χ0n) is 12.9. The molecule has 5 heteroatoms. The number of aryl methyl sites for hydroxylation is 2. The van der Waals surface area contributed by atoms with Crippen LogP contribution in [-0.4, -0.2) is 35.1 Å². The van der Waals surface area contributed by atoms with Gasteiger partial charge in [-0.25, -0.2) is 0 Å². The number of pyridine rings is 1. The second kappa shape index (κ2) is 7.24. The summed E-state index contributed by atoms with van der Waals surface area (Å²) in [6, 6.07) is 2.28. The SMILES string of the molecule is CCC(CC)N(CCO)c1cc(C)nc(C)c1C(=N)N. The summed E-state index contributed by atoms with van der Waals surface area (Å²) >= 11 is 0. The Kier molecular flexibility index (Phi) is 5.95. The number of nitrogens with two attached hydrogens (primary N) is 1. The van der Waals surface area contributed by atoms with Gasteiger partial charge in [0.1, 0.15) is 5.84 Å². The largest absolute Gasteiger partial charge is 0.395 e.